The van der Waals surface area contributed by atoms with Gasteiger partial charge in [-0.2, -0.15) is 4.98 Å². The maximum atomic E-state index is 6.04. The van der Waals surface area contributed by atoms with E-state index < -0.39 is 0 Å². The Bertz CT molecular complexity index is 417. The van der Waals surface area contributed by atoms with Gasteiger partial charge in [0.2, 0.25) is 5.89 Å². The fourth-order valence-corrected chi connectivity index (χ4v) is 2.92. The Labute approximate surface area is 121 Å². The van der Waals surface area contributed by atoms with Crippen molar-refractivity contribution in [3.63, 3.8) is 0 Å². The molecule has 2 rings (SSSR count). The fourth-order valence-electron chi connectivity index (χ4n) is 2.92. The smallest absolute Gasteiger partial charge is 0.230 e. The normalized spacial score (nSPS) is 23.7. The molecule has 1 fully saturated rings. The van der Waals surface area contributed by atoms with Crippen molar-refractivity contribution in [1.82, 2.24) is 10.1 Å². The quantitative estimate of drug-likeness (QED) is 0.811. The lowest BCUT2D eigenvalue weighted by Crippen LogP contribution is -2.26. The molecule has 2 N–H and O–H groups in total. The van der Waals surface area contributed by atoms with E-state index in [1.54, 1.807) is 0 Å². The number of nitrogens with zero attached hydrogens (tertiary/aromatic N) is 2. The maximum absolute atomic E-state index is 6.04. The highest BCUT2D eigenvalue weighted by atomic mass is 16.5. The van der Waals surface area contributed by atoms with E-state index >= 15 is 0 Å². The van der Waals surface area contributed by atoms with Gasteiger partial charge in [-0.05, 0) is 24.7 Å². The van der Waals surface area contributed by atoms with Gasteiger partial charge in [0.15, 0.2) is 5.82 Å². The molecule has 1 heterocycles. The van der Waals surface area contributed by atoms with Crippen molar-refractivity contribution in [3.05, 3.63) is 11.7 Å². The molecule has 1 aromatic heterocycles. The Morgan fingerprint density at radius 3 is 2.95 bits per heavy atom. The molecule has 0 aromatic carbocycles. The first-order valence-corrected chi connectivity index (χ1v) is 7.71. The molecule has 0 spiro atoms. The summed E-state index contributed by atoms with van der Waals surface area (Å²) in [5.41, 5.74) is 6.26. The first-order valence-electron chi connectivity index (χ1n) is 7.71. The van der Waals surface area contributed by atoms with Crippen molar-refractivity contribution in [3.8, 4) is 0 Å². The number of ether oxygens (including phenoxy) is 1. The Hall–Kier alpha value is -0.940. The lowest BCUT2D eigenvalue weighted by molar-refractivity contribution is 0.119. The molecular weight excluding hydrogens is 254 g/mol. The lowest BCUT2D eigenvalue weighted by Gasteiger charge is -2.36. The van der Waals surface area contributed by atoms with Crippen LogP contribution in [0.3, 0.4) is 0 Å². The van der Waals surface area contributed by atoms with E-state index in [1.807, 2.05) is 0 Å². The molecule has 0 bridgehead atoms. The molecule has 2 atom stereocenters. The van der Waals surface area contributed by atoms with E-state index in [1.165, 1.54) is 19.3 Å². The highest BCUT2D eigenvalue weighted by molar-refractivity contribution is 5.04. The average molecular weight is 281 g/mol. The van der Waals surface area contributed by atoms with Crippen molar-refractivity contribution in [2.24, 2.45) is 11.1 Å². The summed E-state index contributed by atoms with van der Waals surface area (Å²) in [6.45, 7) is 7.80. The molecule has 1 aliphatic carbocycles. The van der Waals surface area contributed by atoms with Gasteiger partial charge < -0.3 is 15.0 Å². The molecule has 20 heavy (non-hydrogen) atoms. The zero-order valence-electron chi connectivity index (χ0n) is 12.9. The molecule has 0 radical (unpaired) electrons. The summed E-state index contributed by atoms with van der Waals surface area (Å²) in [5, 5.41) is 4.04. The maximum Gasteiger partial charge on any atom is 0.230 e. The molecule has 114 valence electrons. The predicted molar refractivity (Wildman–Crippen MR) is 77.3 cm³/mol. The third-order valence-corrected chi connectivity index (χ3v) is 4.24. The van der Waals surface area contributed by atoms with Crippen LogP contribution in [-0.2, 0) is 4.74 Å². The van der Waals surface area contributed by atoms with Crippen LogP contribution >= 0.6 is 0 Å². The zero-order chi connectivity index (χ0) is 14.6. The molecule has 1 aromatic rings. The van der Waals surface area contributed by atoms with Crippen LogP contribution in [0.5, 0.6) is 0 Å². The Kier molecular flexibility index (Phi) is 5.16. The van der Waals surface area contributed by atoms with E-state index in [0.717, 1.165) is 18.7 Å². The van der Waals surface area contributed by atoms with E-state index in [0.29, 0.717) is 25.0 Å². The molecule has 0 amide bonds. The van der Waals surface area contributed by atoms with E-state index in [4.69, 9.17) is 15.0 Å². The second-order valence-corrected chi connectivity index (χ2v) is 6.46. The molecule has 0 saturated heterocycles. The fraction of sp³-hybridized carbons (Fsp3) is 0.867. The monoisotopic (exact) mass is 281 g/mol. The number of aromatic nitrogens is 2. The molecule has 2 unspecified atom stereocenters. The van der Waals surface area contributed by atoms with Crippen molar-refractivity contribution in [2.75, 3.05) is 13.2 Å². The van der Waals surface area contributed by atoms with E-state index in [2.05, 4.69) is 30.9 Å². The van der Waals surface area contributed by atoms with Gasteiger partial charge in [0.25, 0.3) is 0 Å². The van der Waals surface area contributed by atoms with Gasteiger partial charge in [0, 0.05) is 12.5 Å². The van der Waals surface area contributed by atoms with Crippen LogP contribution in [0.1, 0.15) is 76.6 Å². The minimum absolute atomic E-state index is 0.227. The largest absolute Gasteiger partial charge is 0.379 e. The third kappa shape index (κ3) is 3.58. The summed E-state index contributed by atoms with van der Waals surface area (Å²) in [5.74, 6) is 1.66. The summed E-state index contributed by atoms with van der Waals surface area (Å²) in [6.07, 6.45) is 5.84. The SMILES string of the molecule is CCCOCC(N)c1noc(C2CCCCC2(C)C)n1. The second-order valence-electron chi connectivity index (χ2n) is 6.46. The first kappa shape index (κ1) is 15.4. The number of hydrogen-bond acceptors (Lipinski definition) is 5. The summed E-state index contributed by atoms with van der Waals surface area (Å²) >= 11 is 0. The van der Waals surface area contributed by atoms with Crippen molar-refractivity contribution in [2.45, 2.75) is 64.8 Å². The second kappa shape index (κ2) is 6.68. The van der Waals surface area contributed by atoms with Crippen molar-refractivity contribution in [1.29, 1.82) is 0 Å². The van der Waals surface area contributed by atoms with Gasteiger partial charge in [0.1, 0.15) is 0 Å². The summed E-state index contributed by atoms with van der Waals surface area (Å²) in [4.78, 5) is 4.53. The number of hydrogen-bond donors (Lipinski definition) is 1. The Balaban J connectivity index is 2.00. The average Bonchev–Trinajstić information content (AvgIpc) is 2.87. The van der Waals surface area contributed by atoms with E-state index in [-0.39, 0.29) is 11.5 Å². The number of rotatable bonds is 6. The minimum atomic E-state index is -0.300. The molecule has 0 aliphatic heterocycles. The molecule has 1 saturated carbocycles. The first-order chi connectivity index (χ1) is 9.54. The summed E-state index contributed by atoms with van der Waals surface area (Å²) < 4.78 is 10.9. The van der Waals surface area contributed by atoms with Crippen LogP contribution in [0.15, 0.2) is 4.52 Å². The summed E-state index contributed by atoms with van der Waals surface area (Å²) in [6, 6.07) is -0.300. The van der Waals surface area contributed by atoms with Crippen LogP contribution in [0.25, 0.3) is 0 Å². The standard InChI is InChI=1S/C15H27N3O2/c1-4-9-19-10-12(16)13-17-14(20-18-13)11-7-5-6-8-15(11,2)3/h11-12H,4-10,16H2,1-3H3. The van der Waals surface area contributed by atoms with Crippen LogP contribution in [-0.4, -0.2) is 23.4 Å². The van der Waals surface area contributed by atoms with E-state index in [9.17, 15) is 0 Å². The van der Waals surface area contributed by atoms with Gasteiger partial charge in [-0.25, -0.2) is 0 Å². The molecule has 5 nitrogen and oxygen atoms in total. The van der Waals surface area contributed by atoms with Gasteiger partial charge in [-0.1, -0.05) is 38.8 Å². The van der Waals surface area contributed by atoms with Crippen LogP contribution in [0.2, 0.25) is 0 Å². The topological polar surface area (TPSA) is 74.2 Å². The highest BCUT2D eigenvalue weighted by Crippen LogP contribution is 2.46. The van der Waals surface area contributed by atoms with Gasteiger partial charge in [-0.15, -0.1) is 0 Å². The van der Waals surface area contributed by atoms with Gasteiger partial charge in [0.05, 0.1) is 12.6 Å². The van der Waals surface area contributed by atoms with Crippen molar-refractivity contribution < 1.29 is 9.26 Å². The van der Waals surface area contributed by atoms with Gasteiger partial charge in [-0.3, -0.25) is 0 Å². The third-order valence-electron chi connectivity index (χ3n) is 4.24. The van der Waals surface area contributed by atoms with Crippen LogP contribution < -0.4 is 5.73 Å². The number of nitrogens with two attached hydrogens (primary N) is 1. The summed E-state index contributed by atoms with van der Waals surface area (Å²) in [7, 11) is 0. The minimum Gasteiger partial charge on any atom is -0.379 e. The Morgan fingerprint density at radius 2 is 2.25 bits per heavy atom. The lowest BCUT2D eigenvalue weighted by atomic mass is 9.69. The Morgan fingerprint density at radius 1 is 1.45 bits per heavy atom. The van der Waals surface area contributed by atoms with Crippen molar-refractivity contribution >= 4 is 0 Å². The predicted octanol–water partition coefficient (Wildman–Crippen LogP) is 3.18. The molecule has 5 heteroatoms. The highest BCUT2D eigenvalue weighted by Gasteiger charge is 2.37. The van der Waals surface area contributed by atoms with Crippen LogP contribution in [0.4, 0.5) is 0 Å². The molecule has 1 aliphatic rings. The van der Waals surface area contributed by atoms with Gasteiger partial charge >= 0.3 is 0 Å². The van der Waals surface area contributed by atoms with Crippen LogP contribution in [0, 0.1) is 5.41 Å². The molecular formula is C15H27N3O2. The zero-order valence-corrected chi connectivity index (χ0v) is 12.9.